The first kappa shape index (κ1) is 18.8. The molecule has 0 fully saturated rings. The topological polar surface area (TPSA) is 60.2 Å². The number of hydrogen-bond donors (Lipinski definition) is 1. The standard InChI is InChI=1S/C22H17N3O3/c1-5-18-20(24-3)19(21(22(26)27)25(18)4)14-6-10-16(11-7-14)28-17-12-8-15(23-2)9-13-17/h6-13H,5H2,1,4H3,(H,26,27). The first-order valence-electron chi connectivity index (χ1n) is 8.58. The summed E-state index contributed by atoms with van der Waals surface area (Å²) >= 11 is 0. The second kappa shape index (κ2) is 7.69. The van der Waals surface area contributed by atoms with E-state index in [9.17, 15) is 9.90 Å². The van der Waals surface area contributed by atoms with Gasteiger partial charge >= 0.3 is 5.97 Å². The molecule has 1 aromatic heterocycles. The number of carboxylic acids is 1. The van der Waals surface area contributed by atoms with Crippen molar-refractivity contribution >= 4 is 17.3 Å². The Labute approximate surface area is 162 Å². The third-order valence-electron chi connectivity index (χ3n) is 4.48. The van der Waals surface area contributed by atoms with E-state index in [1.165, 1.54) is 0 Å². The van der Waals surface area contributed by atoms with Crippen LogP contribution < -0.4 is 4.74 Å². The molecule has 3 aromatic rings. The Morgan fingerprint density at radius 2 is 1.61 bits per heavy atom. The minimum atomic E-state index is -1.07. The van der Waals surface area contributed by atoms with E-state index in [0.29, 0.717) is 46.1 Å². The van der Waals surface area contributed by atoms with Gasteiger partial charge in [0.1, 0.15) is 17.2 Å². The number of nitrogens with zero attached hydrogens (tertiary/aromatic N) is 3. The summed E-state index contributed by atoms with van der Waals surface area (Å²) in [6, 6.07) is 13.7. The summed E-state index contributed by atoms with van der Waals surface area (Å²) in [5, 5.41) is 9.66. The highest BCUT2D eigenvalue weighted by molar-refractivity contribution is 6.00. The molecular weight excluding hydrogens is 354 g/mol. The Kier molecular flexibility index (Phi) is 5.15. The van der Waals surface area contributed by atoms with Crippen LogP contribution in [0.5, 0.6) is 11.5 Å². The van der Waals surface area contributed by atoms with Crippen LogP contribution in [0, 0.1) is 13.1 Å². The zero-order valence-corrected chi connectivity index (χ0v) is 15.4. The Balaban J connectivity index is 1.98. The van der Waals surface area contributed by atoms with E-state index in [0.717, 1.165) is 0 Å². The molecule has 0 amide bonds. The summed E-state index contributed by atoms with van der Waals surface area (Å²) in [7, 11) is 1.67. The zero-order chi connectivity index (χ0) is 20.3. The van der Waals surface area contributed by atoms with Gasteiger partial charge in [0.2, 0.25) is 5.69 Å². The molecule has 0 saturated heterocycles. The lowest BCUT2D eigenvalue weighted by Crippen LogP contribution is -2.07. The van der Waals surface area contributed by atoms with Gasteiger partial charge in [0.05, 0.1) is 13.1 Å². The van der Waals surface area contributed by atoms with E-state index in [-0.39, 0.29) is 5.69 Å². The van der Waals surface area contributed by atoms with E-state index >= 15 is 0 Å². The van der Waals surface area contributed by atoms with Gasteiger partial charge in [-0.25, -0.2) is 14.5 Å². The first-order valence-corrected chi connectivity index (χ1v) is 8.58. The number of rotatable bonds is 5. The largest absolute Gasteiger partial charge is 0.477 e. The summed E-state index contributed by atoms with van der Waals surface area (Å²) in [5.41, 5.74) is 2.77. The molecule has 0 spiro atoms. The summed E-state index contributed by atoms with van der Waals surface area (Å²) in [6.45, 7) is 16.4. The number of aromatic carboxylic acids is 1. The lowest BCUT2D eigenvalue weighted by Gasteiger charge is -2.08. The van der Waals surface area contributed by atoms with Crippen molar-refractivity contribution in [1.29, 1.82) is 0 Å². The van der Waals surface area contributed by atoms with Crippen LogP contribution in [0.4, 0.5) is 11.4 Å². The smallest absolute Gasteiger partial charge is 0.351 e. The van der Waals surface area contributed by atoms with Gasteiger partial charge in [0.25, 0.3) is 0 Å². The molecule has 0 atom stereocenters. The number of carbonyl (C=O) groups is 1. The quantitative estimate of drug-likeness (QED) is 0.573. The average molecular weight is 371 g/mol. The molecule has 6 nitrogen and oxygen atoms in total. The van der Waals surface area contributed by atoms with Gasteiger partial charge < -0.3 is 14.4 Å². The summed E-state index contributed by atoms with van der Waals surface area (Å²) in [4.78, 5) is 18.7. The molecule has 138 valence electrons. The van der Waals surface area contributed by atoms with Crippen molar-refractivity contribution in [2.75, 3.05) is 0 Å². The Hall–Kier alpha value is -4.03. The van der Waals surface area contributed by atoms with Gasteiger partial charge in [0, 0.05) is 18.3 Å². The lowest BCUT2D eigenvalue weighted by molar-refractivity contribution is 0.0687. The molecule has 0 bridgehead atoms. The lowest BCUT2D eigenvalue weighted by atomic mass is 10.0. The molecule has 28 heavy (non-hydrogen) atoms. The van der Waals surface area contributed by atoms with Gasteiger partial charge in [-0.3, -0.25) is 0 Å². The highest BCUT2D eigenvalue weighted by atomic mass is 16.5. The van der Waals surface area contributed by atoms with Crippen LogP contribution in [0.15, 0.2) is 48.5 Å². The van der Waals surface area contributed by atoms with Crippen molar-refractivity contribution in [1.82, 2.24) is 4.57 Å². The predicted octanol–water partition coefficient (Wildman–Crippen LogP) is 5.85. The Morgan fingerprint density at radius 3 is 2.07 bits per heavy atom. The summed E-state index contributed by atoms with van der Waals surface area (Å²) in [6.07, 6.45) is 0.566. The van der Waals surface area contributed by atoms with Crippen LogP contribution in [0.25, 0.3) is 20.8 Å². The van der Waals surface area contributed by atoms with Crippen LogP contribution >= 0.6 is 0 Å². The first-order chi connectivity index (χ1) is 13.5. The van der Waals surface area contributed by atoms with E-state index < -0.39 is 5.97 Å². The molecule has 6 heteroatoms. The van der Waals surface area contributed by atoms with Crippen LogP contribution in [0.1, 0.15) is 23.1 Å². The van der Waals surface area contributed by atoms with Crippen molar-refractivity contribution in [3.8, 4) is 22.6 Å². The number of hydrogen-bond acceptors (Lipinski definition) is 2. The molecule has 2 aromatic carbocycles. The predicted molar refractivity (Wildman–Crippen MR) is 106 cm³/mol. The number of carboxylic acid groups (broad SMARTS) is 1. The normalized spacial score (nSPS) is 10.1. The van der Waals surface area contributed by atoms with E-state index in [1.54, 1.807) is 60.1 Å². The SMILES string of the molecule is [C-]#[N+]c1ccc(Oc2ccc(-c3c([N+]#[C-])c(CC)n(C)c3C(=O)O)cc2)cc1. The van der Waals surface area contributed by atoms with E-state index in [2.05, 4.69) is 9.69 Å². The minimum Gasteiger partial charge on any atom is -0.477 e. The Bertz CT molecular complexity index is 1110. The molecule has 0 aliphatic carbocycles. The zero-order valence-electron chi connectivity index (χ0n) is 15.4. The fraction of sp³-hybridized carbons (Fsp3) is 0.136. The second-order valence-electron chi connectivity index (χ2n) is 6.08. The highest BCUT2D eigenvalue weighted by Gasteiger charge is 2.25. The molecule has 0 aliphatic heterocycles. The van der Waals surface area contributed by atoms with Gasteiger partial charge in [-0.15, -0.1) is 0 Å². The molecule has 0 radical (unpaired) electrons. The maximum absolute atomic E-state index is 11.8. The van der Waals surface area contributed by atoms with Gasteiger partial charge in [-0.2, -0.15) is 0 Å². The second-order valence-corrected chi connectivity index (χ2v) is 6.08. The highest BCUT2D eigenvalue weighted by Crippen LogP contribution is 2.40. The van der Waals surface area contributed by atoms with Crippen molar-refractivity contribution in [3.05, 3.63) is 82.8 Å². The summed E-state index contributed by atoms with van der Waals surface area (Å²) < 4.78 is 7.35. The maximum atomic E-state index is 11.8. The van der Waals surface area contributed by atoms with Crippen molar-refractivity contribution in [2.24, 2.45) is 7.05 Å². The van der Waals surface area contributed by atoms with Crippen molar-refractivity contribution in [2.45, 2.75) is 13.3 Å². The number of ether oxygens (including phenoxy) is 1. The third-order valence-corrected chi connectivity index (χ3v) is 4.48. The van der Waals surface area contributed by atoms with Crippen molar-refractivity contribution < 1.29 is 14.6 Å². The molecule has 1 heterocycles. The Morgan fingerprint density at radius 1 is 1.04 bits per heavy atom. The molecule has 0 saturated carbocycles. The number of benzene rings is 2. The fourth-order valence-electron chi connectivity index (χ4n) is 3.18. The van der Waals surface area contributed by atoms with Gasteiger partial charge in [-0.1, -0.05) is 31.2 Å². The molecule has 1 N–H and O–H groups in total. The van der Waals surface area contributed by atoms with Crippen LogP contribution in [0.3, 0.4) is 0 Å². The van der Waals surface area contributed by atoms with Crippen LogP contribution in [-0.4, -0.2) is 15.6 Å². The van der Waals surface area contributed by atoms with Crippen LogP contribution in [0.2, 0.25) is 0 Å². The van der Waals surface area contributed by atoms with E-state index in [4.69, 9.17) is 17.9 Å². The van der Waals surface area contributed by atoms with E-state index in [1.807, 2.05) is 6.92 Å². The maximum Gasteiger partial charge on any atom is 0.351 e. The minimum absolute atomic E-state index is 0.103. The van der Waals surface area contributed by atoms with Gasteiger partial charge in [0.15, 0.2) is 5.69 Å². The number of aromatic nitrogens is 1. The van der Waals surface area contributed by atoms with Crippen molar-refractivity contribution in [3.63, 3.8) is 0 Å². The fourth-order valence-corrected chi connectivity index (χ4v) is 3.18. The molecule has 0 aliphatic rings. The molecular formula is C22H17N3O3. The molecule has 3 rings (SSSR count). The van der Waals surface area contributed by atoms with Gasteiger partial charge in [-0.05, 0) is 36.2 Å². The average Bonchev–Trinajstić information content (AvgIpc) is 3.00. The third kappa shape index (κ3) is 3.32. The monoisotopic (exact) mass is 371 g/mol. The molecule has 0 unspecified atom stereocenters. The van der Waals surface area contributed by atoms with Crippen LogP contribution in [-0.2, 0) is 13.5 Å². The summed E-state index contributed by atoms with van der Waals surface area (Å²) in [5.74, 6) is 0.107.